The Morgan fingerprint density at radius 1 is 1.12 bits per heavy atom. The van der Waals surface area contributed by atoms with Crippen molar-refractivity contribution < 1.29 is 22.0 Å². The first-order valence-electron chi connectivity index (χ1n) is 10.0. The molecule has 2 aromatic carbocycles. The third kappa shape index (κ3) is 4.68. The smallest absolute Gasteiger partial charge is 0.246 e. The fourth-order valence-corrected chi connectivity index (χ4v) is 5.22. The fourth-order valence-electron chi connectivity index (χ4n) is 3.68. The molecule has 0 unspecified atom stereocenters. The number of nitrogens with zero attached hydrogens (tertiary/aromatic N) is 4. The number of sulfonamides is 1. The molecule has 0 aliphatic carbocycles. The molecule has 1 fully saturated rings. The van der Waals surface area contributed by atoms with Gasteiger partial charge in [0.15, 0.2) is 0 Å². The Kier molecular flexibility index (Phi) is 6.28. The molecule has 1 aliphatic rings. The number of hydrogen-bond donors (Lipinski definition) is 1. The average molecular weight is 461 g/mol. The van der Waals surface area contributed by atoms with Crippen molar-refractivity contribution in [1.29, 1.82) is 0 Å². The van der Waals surface area contributed by atoms with Gasteiger partial charge in [-0.2, -0.15) is 9.40 Å². The lowest BCUT2D eigenvalue weighted by Crippen LogP contribution is -2.41. The summed E-state index contributed by atoms with van der Waals surface area (Å²) >= 11 is 0. The van der Waals surface area contributed by atoms with Gasteiger partial charge in [0.1, 0.15) is 29.2 Å². The van der Waals surface area contributed by atoms with Crippen LogP contribution in [-0.4, -0.2) is 46.5 Å². The van der Waals surface area contributed by atoms with E-state index in [9.17, 15) is 22.0 Å². The fraction of sp³-hybridized carbons (Fsp3) is 0.286. The van der Waals surface area contributed by atoms with Gasteiger partial charge in [-0.3, -0.25) is 4.79 Å². The SMILES string of the molecule is O=C(Nc1ccccc1Cn1cncn1)C1CCN(S(=O)(=O)c2cc(F)ccc2F)CC1. The number of rotatable bonds is 6. The highest BCUT2D eigenvalue weighted by Gasteiger charge is 2.34. The van der Waals surface area contributed by atoms with E-state index in [2.05, 4.69) is 15.4 Å². The highest BCUT2D eigenvalue weighted by molar-refractivity contribution is 7.89. The molecule has 0 atom stereocenters. The van der Waals surface area contributed by atoms with E-state index in [0.29, 0.717) is 18.3 Å². The monoisotopic (exact) mass is 461 g/mol. The number of carbonyl (C=O) groups is 1. The molecule has 1 saturated heterocycles. The van der Waals surface area contributed by atoms with Gasteiger partial charge in [-0.25, -0.2) is 26.9 Å². The molecule has 0 spiro atoms. The van der Waals surface area contributed by atoms with E-state index in [1.54, 1.807) is 17.1 Å². The highest BCUT2D eigenvalue weighted by Crippen LogP contribution is 2.27. The summed E-state index contributed by atoms with van der Waals surface area (Å²) in [6.07, 6.45) is 3.55. The van der Waals surface area contributed by atoms with Crippen LogP contribution in [0.2, 0.25) is 0 Å². The lowest BCUT2D eigenvalue weighted by molar-refractivity contribution is -0.120. The normalized spacial score (nSPS) is 15.6. The Bertz CT molecular complexity index is 1210. The van der Waals surface area contributed by atoms with Gasteiger partial charge in [0.05, 0.1) is 6.54 Å². The van der Waals surface area contributed by atoms with Crippen molar-refractivity contribution in [3.05, 3.63) is 72.3 Å². The van der Waals surface area contributed by atoms with Crippen LogP contribution in [0.5, 0.6) is 0 Å². The van der Waals surface area contributed by atoms with Crippen LogP contribution in [0.15, 0.2) is 60.0 Å². The lowest BCUT2D eigenvalue weighted by atomic mass is 9.97. The number of carbonyl (C=O) groups excluding carboxylic acids is 1. The number of anilines is 1. The quantitative estimate of drug-likeness (QED) is 0.609. The van der Waals surface area contributed by atoms with Crippen molar-refractivity contribution >= 4 is 21.6 Å². The molecule has 0 saturated carbocycles. The van der Waals surface area contributed by atoms with E-state index in [1.807, 2.05) is 18.2 Å². The Balaban J connectivity index is 1.41. The molecule has 168 valence electrons. The molecule has 4 rings (SSSR count). The minimum atomic E-state index is -4.19. The highest BCUT2D eigenvalue weighted by atomic mass is 32.2. The number of amides is 1. The maximum Gasteiger partial charge on any atom is 0.246 e. The topological polar surface area (TPSA) is 97.2 Å². The minimum Gasteiger partial charge on any atom is -0.326 e. The second-order valence-corrected chi connectivity index (χ2v) is 9.40. The molecule has 1 aliphatic heterocycles. The predicted molar refractivity (Wildman–Crippen MR) is 112 cm³/mol. The van der Waals surface area contributed by atoms with Crippen LogP contribution >= 0.6 is 0 Å². The molecule has 1 N–H and O–H groups in total. The van der Waals surface area contributed by atoms with E-state index in [-0.39, 0.29) is 31.8 Å². The van der Waals surface area contributed by atoms with E-state index >= 15 is 0 Å². The molecule has 1 amide bonds. The van der Waals surface area contributed by atoms with Crippen molar-refractivity contribution in [2.24, 2.45) is 5.92 Å². The number of benzene rings is 2. The van der Waals surface area contributed by atoms with Gasteiger partial charge in [-0.1, -0.05) is 18.2 Å². The van der Waals surface area contributed by atoms with E-state index in [4.69, 9.17) is 0 Å². The maximum atomic E-state index is 14.0. The molecule has 11 heteroatoms. The summed E-state index contributed by atoms with van der Waals surface area (Å²) in [5.41, 5.74) is 1.50. The summed E-state index contributed by atoms with van der Waals surface area (Å²) in [5.74, 6) is -2.46. The van der Waals surface area contributed by atoms with Crippen LogP contribution in [0, 0.1) is 17.6 Å². The first-order chi connectivity index (χ1) is 15.3. The zero-order valence-corrected chi connectivity index (χ0v) is 17.8. The Morgan fingerprint density at radius 3 is 2.59 bits per heavy atom. The van der Waals surface area contributed by atoms with E-state index in [1.165, 1.54) is 6.33 Å². The maximum absolute atomic E-state index is 14.0. The van der Waals surface area contributed by atoms with Gasteiger partial charge in [0, 0.05) is 24.7 Å². The standard InChI is InChI=1S/C21H21F2N5O3S/c22-17-5-6-18(23)20(11-17)32(30,31)28-9-7-15(8-10-28)21(29)26-19-4-2-1-3-16(19)12-27-14-24-13-25-27/h1-6,11,13-15H,7-10,12H2,(H,26,29). The zero-order chi connectivity index (χ0) is 22.7. The Labute approximate surface area is 183 Å². The van der Waals surface area contributed by atoms with Crippen LogP contribution in [0.25, 0.3) is 0 Å². The molecule has 2 heterocycles. The average Bonchev–Trinajstić information content (AvgIpc) is 3.30. The molecular formula is C21H21F2N5O3S. The van der Waals surface area contributed by atoms with Gasteiger partial charge in [0.25, 0.3) is 0 Å². The molecule has 1 aromatic heterocycles. The van der Waals surface area contributed by atoms with Gasteiger partial charge in [-0.05, 0) is 42.7 Å². The Morgan fingerprint density at radius 2 is 1.88 bits per heavy atom. The van der Waals surface area contributed by atoms with Crippen LogP contribution in [0.4, 0.5) is 14.5 Å². The van der Waals surface area contributed by atoms with Gasteiger partial charge in [0.2, 0.25) is 15.9 Å². The van der Waals surface area contributed by atoms with Crippen molar-refractivity contribution in [3.8, 4) is 0 Å². The van der Waals surface area contributed by atoms with Gasteiger partial charge >= 0.3 is 0 Å². The lowest BCUT2D eigenvalue weighted by Gasteiger charge is -2.30. The minimum absolute atomic E-state index is 0.0387. The summed E-state index contributed by atoms with van der Waals surface area (Å²) in [5, 5.41) is 6.99. The number of aromatic nitrogens is 3. The summed E-state index contributed by atoms with van der Waals surface area (Å²) in [7, 11) is -4.19. The van der Waals surface area contributed by atoms with Crippen LogP contribution in [-0.2, 0) is 21.4 Å². The van der Waals surface area contributed by atoms with Gasteiger partial charge < -0.3 is 5.32 Å². The summed E-state index contributed by atoms with van der Waals surface area (Å²) < 4.78 is 55.6. The second-order valence-electron chi connectivity index (χ2n) is 7.49. The first-order valence-corrected chi connectivity index (χ1v) is 11.4. The molecule has 0 radical (unpaired) electrons. The van der Waals surface area contributed by atoms with E-state index in [0.717, 1.165) is 22.0 Å². The number of nitrogens with one attached hydrogen (secondary N) is 1. The number of para-hydroxylation sites is 1. The molecule has 0 bridgehead atoms. The number of halogens is 2. The first kappa shape index (κ1) is 22.0. The summed E-state index contributed by atoms with van der Waals surface area (Å²) in [4.78, 5) is 16.0. The summed E-state index contributed by atoms with van der Waals surface area (Å²) in [6.45, 7) is 0.514. The number of piperidine rings is 1. The van der Waals surface area contributed by atoms with Gasteiger partial charge in [-0.15, -0.1) is 0 Å². The van der Waals surface area contributed by atoms with Crippen molar-refractivity contribution in [2.45, 2.75) is 24.3 Å². The molecule has 32 heavy (non-hydrogen) atoms. The van der Waals surface area contributed by atoms with Crippen molar-refractivity contribution in [1.82, 2.24) is 19.1 Å². The zero-order valence-electron chi connectivity index (χ0n) is 17.0. The summed E-state index contributed by atoms with van der Waals surface area (Å²) in [6, 6.07) is 9.66. The third-order valence-electron chi connectivity index (χ3n) is 5.41. The Hall–Kier alpha value is -3.18. The van der Waals surface area contributed by atoms with E-state index < -0.39 is 32.5 Å². The molecule has 8 nitrogen and oxygen atoms in total. The van der Waals surface area contributed by atoms with Crippen molar-refractivity contribution in [2.75, 3.05) is 18.4 Å². The predicted octanol–water partition coefficient (Wildman–Crippen LogP) is 2.64. The van der Waals surface area contributed by atoms with Crippen LogP contribution in [0.1, 0.15) is 18.4 Å². The van der Waals surface area contributed by atoms with Crippen LogP contribution in [0.3, 0.4) is 0 Å². The molecular weight excluding hydrogens is 440 g/mol. The second kappa shape index (κ2) is 9.13. The third-order valence-corrected chi connectivity index (χ3v) is 7.32. The molecule has 3 aromatic rings. The van der Waals surface area contributed by atoms with Crippen molar-refractivity contribution in [3.63, 3.8) is 0 Å². The number of hydrogen-bond acceptors (Lipinski definition) is 5. The van der Waals surface area contributed by atoms with Crippen LogP contribution < -0.4 is 5.32 Å². The largest absolute Gasteiger partial charge is 0.326 e.